The van der Waals surface area contributed by atoms with Crippen LogP contribution in [-0.2, 0) is 16.1 Å². The molecule has 0 unspecified atom stereocenters. The second kappa shape index (κ2) is 5.54. The molecule has 14 heavy (non-hydrogen) atoms. The van der Waals surface area contributed by atoms with E-state index in [9.17, 15) is 34.9 Å². The predicted molar refractivity (Wildman–Crippen MR) is 33.7 cm³/mol. The maximum absolute atomic E-state index is 11.8. The van der Waals surface area contributed by atoms with Gasteiger partial charge in [0, 0.05) is 0 Å². The Morgan fingerprint density at radius 2 is 1.29 bits per heavy atom. The first-order valence-corrected chi connectivity index (χ1v) is 3.12. The third-order valence-electron chi connectivity index (χ3n) is 0.873. The Kier molecular flexibility index (Phi) is 6.99. The molecule has 0 radical (unpaired) electrons. The van der Waals surface area contributed by atoms with Crippen LogP contribution in [0.3, 0.4) is 0 Å². The molecule has 0 saturated carbocycles. The molecular formula is C3H2F7KO2S. The van der Waals surface area contributed by atoms with Gasteiger partial charge in [-0.05, 0) is 0 Å². The Morgan fingerprint density at radius 1 is 0.929 bits per heavy atom. The fourth-order valence-corrected chi connectivity index (χ4v) is 0.477. The van der Waals surface area contributed by atoms with Gasteiger partial charge in [0.1, 0.15) is 11.9 Å². The first kappa shape index (κ1) is 17.6. The third kappa shape index (κ3) is 3.68. The average Bonchev–Trinajstić information content (AvgIpc) is 1.84. The third-order valence-corrected chi connectivity index (χ3v) is 1.18. The van der Waals surface area contributed by atoms with Crippen LogP contribution in [0, 0.1) is 0 Å². The van der Waals surface area contributed by atoms with Crippen molar-refractivity contribution in [2.24, 2.45) is 0 Å². The number of halogens is 7. The van der Waals surface area contributed by atoms with Crippen molar-refractivity contribution >= 4 is 63.3 Å². The zero-order chi connectivity index (χ0) is 10.9. The van der Waals surface area contributed by atoms with E-state index in [2.05, 4.69) is 4.18 Å². The van der Waals surface area contributed by atoms with Crippen LogP contribution in [0.1, 0.15) is 0 Å². The molecule has 0 heterocycles. The van der Waals surface area contributed by atoms with Crippen molar-refractivity contribution in [2.75, 3.05) is 0 Å². The molecule has 0 aliphatic carbocycles. The van der Waals surface area contributed by atoms with Crippen molar-refractivity contribution in [3.05, 3.63) is 0 Å². The van der Waals surface area contributed by atoms with E-state index in [0.29, 0.717) is 0 Å². The van der Waals surface area contributed by atoms with Crippen LogP contribution in [-0.4, -0.2) is 73.8 Å². The number of alkyl halides is 7. The van der Waals surface area contributed by atoms with Crippen LogP contribution >= 0.6 is 0 Å². The van der Waals surface area contributed by atoms with Gasteiger partial charge in [0.05, 0.1) is 0 Å². The number of hydrogen-bond donors (Lipinski definition) is 1. The van der Waals surface area contributed by atoms with E-state index >= 15 is 0 Å². The van der Waals surface area contributed by atoms with Crippen LogP contribution < -0.4 is 0 Å². The predicted octanol–water partition coefficient (Wildman–Crippen LogP) is 1.01. The molecule has 0 saturated heterocycles. The normalized spacial score (nSPS) is 13.6. The summed E-state index contributed by atoms with van der Waals surface area (Å²) < 4.78 is 92.5. The Labute approximate surface area is 119 Å². The Bertz CT molecular complexity index is 204. The van der Waals surface area contributed by atoms with Gasteiger partial charge in [-0.2, -0.15) is 30.7 Å². The van der Waals surface area contributed by atoms with E-state index in [1.54, 1.807) is 0 Å². The number of hydrogen-bond acceptors (Lipinski definition) is 2. The molecule has 0 atom stereocenters. The van der Waals surface area contributed by atoms with Gasteiger partial charge in [-0.15, -0.1) is 0 Å². The molecule has 0 bridgehead atoms. The van der Waals surface area contributed by atoms with Crippen molar-refractivity contribution in [3.8, 4) is 0 Å². The van der Waals surface area contributed by atoms with E-state index in [1.165, 1.54) is 0 Å². The molecule has 0 spiro atoms. The van der Waals surface area contributed by atoms with Gasteiger partial charge >= 0.3 is 69.6 Å². The Hall–Kier alpha value is 1.26. The van der Waals surface area contributed by atoms with Gasteiger partial charge < -0.3 is 0 Å². The van der Waals surface area contributed by atoms with Gasteiger partial charge in [-0.25, -0.2) is 8.39 Å². The maximum atomic E-state index is 11.8. The van der Waals surface area contributed by atoms with Crippen LogP contribution in [0.2, 0.25) is 0 Å². The fourth-order valence-electron chi connectivity index (χ4n) is 0.269. The van der Waals surface area contributed by atoms with Crippen molar-refractivity contribution in [1.29, 1.82) is 0 Å². The molecule has 2 nitrogen and oxygen atoms in total. The standard InChI is InChI=1S/C3HF7O2S.K.H/c4-1(5,2(6,7)8)3(9,10)12-13-11;;/h13H;;. The summed E-state index contributed by atoms with van der Waals surface area (Å²) in [6, 6.07) is 0. The molecule has 0 aromatic carbocycles. The second-order valence-electron chi connectivity index (χ2n) is 1.75. The molecule has 0 fully saturated rings. The molecule has 0 aliphatic heterocycles. The van der Waals surface area contributed by atoms with Gasteiger partial charge in [-0.1, -0.05) is 0 Å². The van der Waals surface area contributed by atoms with Gasteiger partial charge in [0.25, 0.3) is 0 Å². The van der Waals surface area contributed by atoms with Gasteiger partial charge in [0.2, 0.25) is 0 Å². The van der Waals surface area contributed by atoms with Crippen LogP contribution in [0.15, 0.2) is 0 Å². The topological polar surface area (TPSA) is 26.3 Å². The summed E-state index contributed by atoms with van der Waals surface area (Å²) in [7, 11) is 0. The first-order chi connectivity index (χ1) is 5.56. The fraction of sp³-hybridized carbons (Fsp3) is 1.00. The van der Waals surface area contributed by atoms with Crippen molar-refractivity contribution in [2.45, 2.75) is 18.2 Å². The molecule has 0 N–H and O–H groups in total. The summed E-state index contributed by atoms with van der Waals surface area (Å²) in [6.45, 7) is 0. The quantitative estimate of drug-likeness (QED) is 0.472. The van der Waals surface area contributed by atoms with Gasteiger partial charge in [-0.3, -0.25) is 0 Å². The molecule has 0 aliphatic rings. The Balaban J connectivity index is 0. The summed E-state index contributed by atoms with van der Waals surface area (Å²) in [5, 5.41) is 0. The number of thiol groups is 1. The molecule has 0 rings (SSSR count). The monoisotopic (exact) mass is 274 g/mol. The minimum absolute atomic E-state index is 0. The van der Waals surface area contributed by atoms with Crippen LogP contribution in [0.5, 0.6) is 0 Å². The average molecular weight is 274 g/mol. The van der Waals surface area contributed by atoms with E-state index in [0.717, 1.165) is 0 Å². The Morgan fingerprint density at radius 3 is 1.50 bits per heavy atom. The van der Waals surface area contributed by atoms with Crippen molar-refractivity contribution < 1.29 is 39.1 Å². The number of rotatable bonds is 3. The molecule has 11 heteroatoms. The second-order valence-corrected chi connectivity index (χ2v) is 2.09. The van der Waals surface area contributed by atoms with E-state index < -0.39 is 30.2 Å². The summed E-state index contributed by atoms with van der Waals surface area (Å²) in [5.41, 5.74) is 0. The zero-order valence-electron chi connectivity index (χ0n) is 5.41. The molecule has 82 valence electrons. The molecule has 0 aromatic heterocycles. The molecule has 0 aromatic rings. The molecule has 0 amide bonds. The van der Waals surface area contributed by atoms with E-state index in [4.69, 9.17) is 0 Å². The first-order valence-electron chi connectivity index (χ1n) is 2.39. The summed E-state index contributed by atoms with van der Waals surface area (Å²) in [6.07, 6.45) is -12.3. The molecular weight excluding hydrogens is 272 g/mol. The van der Waals surface area contributed by atoms with Crippen LogP contribution in [0.25, 0.3) is 0 Å². The minimum atomic E-state index is -6.47. The van der Waals surface area contributed by atoms with Gasteiger partial charge in [0.15, 0.2) is 0 Å². The SMILES string of the molecule is O=[SH]OC(F)(F)C(F)(F)C(F)(F)F.[KH]. The van der Waals surface area contributed by atoms with Crippen molar-refractivity contribution in [1.82, 2.24) is 0 Å². The summed E-state index contributed by atoms with van der Waals surface area (Å²) in [4.78, 5) is 0. The van der Waals surface area contributed by atoms with E-state index in [1.807, 2.05) is 0 Å². The summed E-state index contributed by atoms with van der Waals surface area (Å²) >= 11 is -1.97. The van der Waals surface area contributed by atoms with Crippen LogP contribution in [0.4, 0.5) is 30.7 Å². The van der Waals surface area contributed by atoms with Crippen molar-refractivity contribution in [3.63, 3.8) is 0 Å². The summed E-state index contributed by atoms with van der Waals surface area (Å²) in [5.74, 6) is -6.38. The van der Waals surface area contributed by atoms with E-state index in [-0.39, 0.29) is 51.4 Å². The zero-order valence-corrected chi connectivity index (χ0v) is 6.30.